The van der Waals surface area contributed by atoms with Crippen LogP contribution in [0.5, 0.6) is 11.5 Å². The van der Waals surface area contributed by atoms with E-state index in [2.05, 4.69) is 36.1 Å². The lowest BCUT2D eigenvalue weighted by Gasteiger charge is -2.32. The number of benzene rings is 6. The van der Waals surface area contributed by atoms with E-state index in [9.17, 15) is 9.59 Å². The Morgan fingerprint density at radius 3 is 1.61 bits per heavy atom. The van der Waals surface area contributed by atoms with Gasteiger partial charge in [0.15, 0.2) is 23.1 Å². The fourth-order valence-electron chi connectivity index (χ4n) is 6.92. The number of allylic oxidation sites excluding steroid dienone is 4. The summed E-state index contributed by atoms with van der Waals surface area (Å²) in [6.45, 7) is 6.15. The molecule has 8 rings (SSSR count). The van der Waals surface area contributed by atoms with Gasteiger partial charge >= 0.3 is 0 Å². The number of ketones is 2. The summed E-state index contributed by atoms with van der Waals surface area (Å²) in [5.74, 6) is 1.46. The molecular formula is C47H37NO3. The fourth-order valence-corrected chi connectivity index (χ4v) is 6.92. The molecule has 4 heteroatoms. The second-order valence-electron chi connectivity index (χ2n) is 13.5. The molecule has 4 nitrogen and oxygen atoms in total. The van der Waals surface area contributed by atoms with Gasteiger partial charge in [-0.05, 0) is 104 Å². The van der Waals surface area contributed by atoms with Crippen LogP contribution in [0.2, 0.25) is 0 Å². The maximum absolute atomic E-state index is 14.5. The second kappa shape index (κ2) is 13.2. The van der Waals surface area contributed by atoms with Crippen LogP contribution in [-0.4, -0.2) is 11.6 Å². The number of aryl methyl sites for hydroxylation is 2. The first-order valence-electron chi connectivity index (χ1n) is 17.4. The molecule has 0 aromatic heterocycles. The molecule has 0 unspecified atom stereocenters. The lowest BCUT2D eigenvalue weighted by molar-refractivity contribution is 0.102. The average molecular weight is 664 g/mol. The number of para-hydroxylation sites is 4. The zero-order valence-corrected chi connectivity index (χ0v) is 28.9. The Morgan fingerprint density at radius 2 is 1.06 bits per heavy atom. The SMILES string of the molecule is CC1=CC=C(C(=O)c2cc(-c3ccc(C)cc3)c(C(=O)c3ccc(C)cc3)cc2-c2ccc(N3c4ccccc4Oc4ccccc43)cc2)CC1. The molecule has 0 N–H and O–H groups in total. The van der Waals surface area contributed by atoms with E-state index in [4.69, 9.17) is 4.74 Å². The van der Waals surface area contributed by atoms with Crippen molar-refractivity contribution in [3.63, 3.8) is 0 Å². The third-order valence-electron chi connectivity index (χ3n) is 9.84. The van der Waals surface area contributed by atoms with Crippen LogP contribution in [-0.2, 0) is 0 Å². The van der Waals surface area contributed by atoms with Crippen molar-refractivity contribution in [2.24, 2.45) is 0 Å². The molecule has 0 bridgehead atoms. The monoisotopic (exact) mass is 663 g/mol. The number of ether oxygens (including phenoxy) is 1. The van der Waals surface area contributed by atoms with Crippen LogP contribution in [0.15, 0.2) is 157 Å². The maximum Gasteiger partial charge on any atom is 0.193 e. The predicted octanol–water partition coefficient (Wildman–Crippen LogP) is 12.3. The molecule has 0 atom stereocenters. The summed E-state index contributed by atoms with van der Waals surface area (Å²) in [6, 6.07) is 44.0. The summed E-state index contributed by atoms with van der Waals surface area (Å²) in [6.07, 6.45) is 5.52. The zero-order valence-electron chi connectivity index (χ0n) is 28.9. The van der Waals surface area contributed by atoms with Gasteiger partial charge in [0, 0.05) is 28.0 Å². The summed E-state index contributed by atoms with van der Waals surface area (Å²) in [7, 11) is 0. The van der Waals surface area contributed by atoms with Crippen molar-refractivity contribution in [3.05, 3.63) is 185 Å². The van der Waals surface area contributed by atoms with E-state index in [1.807, 2.05) is 135 Å². The largest absolute Gasteiger partial charge is 0.453 e. The van der Waals surface area contributed by atoms with Crippen LogP contribution < -0.4 is 9.64 Å². The first-order chi connectivity index (χ1) is 24.8. The van der Waals surface area contributed by atoms with Gasteiger partial charge in [-0.1, -0.05) is 114 Å². The van der Waals surface area contributed by atoms with Crippen molar-refractivity contribution in [3.8, 4) is 33.8 Å². The van der Waals surface area contributed by atoms with Crippen molar-refractivity contribution in [1.82, 2.24) is 0 Å². The molecule has 0 spiro atoms. The molecule has 2 aliphatic rings. The van der Waals surface area contributed by atoms with Gasteiger partial charge in [-0.2, -0.15) is 0 Å². The molecule has 0 radical (unpaired) electrons. The molecule has 6 aromatic rings. The highest BCUT2D eigenvalue weighted by Crippen LogP contribution is 2.50. The standard InChI is InChI=1S/C47H37NO3/c1-30-12-18-33(19-13-30)38-28-41(47(50)36-22-16-32(3)17-23-36)39(29-40(38)46(49)35-20-14-31(2)15-21-35)34-24-26-37(27-25-34)48-42-8-4-6-10-44(42)51-45-11-7-5-9-43(45)48/h4-16,18-22,24-29H,17,23H2,1-3H3. The van der Waals surface area contributed by atoms with Gasteiger partial charge in [-0.25, -0.2) is 0 Å². The number of Topliss-reactive ketones (excluding diaryl/α,β-unsaturated/α-hetero) is 1. The summed E-state index contributed by atoms with van der Waals surface area (Å²) >= 11 is 0. The Hall–Kier alpha value is -6.26. The fraction of sp³-hybridized carbons (Fsp3) is 0.106. The normalized spacial score (nSPS) is 13.4. The van der Waals surface area contributed by atoms with Gasteiger partial charge in [0.2, 0.25) is 0 Å². The molecule has 0 amide bonds. The Morgan fingerprint density at radius 1 is 0.549 bits per heavy atom. The summed E-state index contributed by atoms with van der Waals surface area (Å²) in [5.41, 5.74) is 12.1. The minimum atomic E-state index is -0.0839. The molecule has 0 saturated heterocycles. The highest BCUT2D eigenvalue weighted by Gasteiger charge is 2.27. The molecular weight excluding hydrogens is 627 g/mol. The van der Waals surface area contributed by atoms with Crippen LogP contribution in [0.1, 0.15) is 57.2 Å². The summed E-state index contributed by atoms with van der Waals surface area (Å²) in [5, 5.41) is 0. The van der Waals surface area contributed by atoms with Gasteiger partial charge in [0.1, 0.15) is 0 Å². The van der Waals surface area contributed by atoms with Gasteiger partial charge in [-0.15, -0.1) is 0 Å². The number of fused-ring (bicyclic) bond motifs is 2. The molecule has 0 saturated carbocycles. The van der Waals surface area contributed by atoms with E-state index in [-0.39, 0.29) is 11.6 Å². The van der Waals surface area contributed by atoms with Crippen LogP contribution >= 0.6 is 0 Å². The first-order valence-corrected chi connectivity index (χ1v) is 17.4. The first kappa shape index (κ1) is 32.0. The lowest BCUT2D eigenvalue weighted by Crippen LogP contribution is -2.15. The lowest BCUT2D eigenvalue weighted by atomic mass is 9.83. The van der Waals surface area contributed by atoms with E-state index in [0.29, 0.717) is 23.1 Å². The molecule has 1 aliphatic carbocycles. The van der Waals surface area contributed by atoms with E-state index in [1.165, 1.54) is 5.57 Å². The van der Waals surface area contributed by atoms with E-state index in [1.54, 1.807) is 0 Å². The van der Waals surface area contributed by atoms with Crippen molar-refractivity contribution < 1.29 is 14.3 Å². The molecule has 0 fully saturated rings. The van der Waals surface area contributed by atoms with Crippen LogP contribution in [0.3, 0.4) is 0 Å². The van der Waals surface area contributed by atoms with Crippen molar-refractivity contribution >= 4 is 28.6 Å². The molecule has 51 heavy (non-hydrogen) atoms. The van der Waals surface area contributed by atoms with Crippen LogP contribution in [0, 0.1) is 13.8 Å². The average Bonchev–Trinajstić information content (AvgIpc) is 3.17. The molecule has 1 heterocycles. The third-order valence-corrected chi connectivity index (χ3v) is 9.84. The zero-order chi connectivity index (χ0) is 35.1. The second-order valence-corrected chi connectivity index (χ2v) is 13.5. The minimum Gasteiger partial charge on any atom is -0.453 e. The third kappa shape index (κ3) is 6.10. The molecule has 1 aliphatic heterocycles. The summed E-state index contributed by atoms with van der Waals surface area (Å²) < 4.78 is 6.24. The Bertz CT molecular complexity index is 2330. The highest BCUT2D eigenvalue weighted by atomic mass is 16.5. The van der Waals surface area contributed by atoms with E-state index < -0.39 is 0 Å². The Labute approximate surface area is 299 Å². The maximum atomic E-state index is 14.5. The summed E-state index contributed by atoms with van der Waals surface area (Å²) in [4.78, 5) is 31.1. The van der Waals surface area contributed by atoms with Crippen LogP contribution in [0.4, 0.5) is 17.1 Å². The molecule has 6 aromatic carbocycles. The number of rotatable bonds is 7. The highest BCUT2D eigenvalue weighted by molar-refractivity contribution is 6.18. The molecule has 248 valence electrons. The van der Waals surface area contributed by atoms with E-state index >= 15 is 0 Å². The van der Waals surface area contributed by atoms with Gasteiger partial charge in [-0.3, -0.25) is 9.59 Å². The Balaban J connectivity index is 1.31. The van der Waals surface area contributed by atoms with Crippen molar-refractivity contribution in [2.45, 2.75) is 33.6 Å². The van der Waals surface area contributed by atoms with Crippen molar-refractivity contribution in [1.29, 1.82) is 0 Å². The smallest absolute Gasteiger partial charge is 0.193 e. The van der Waals surface area contributed by atoms with Crippen molar-refractivity contribution in [2.75, 3.05) is 4.90 Å². The number of nitrogens with zero attached hydrogens (tertiary/aromatic N) is 1. The topological polar surface area (TPSA) is 46.6 Å². The minimum absolute atomic E-state index is 0.0171. The number of carbonyl (C=O) groups excluding carboxylic acids is 2. The van der Waals surface area contributed by atoms with Gasteiger partial charge in [0.25, 0.3) is 0 Å². The van der Waals surface area contributed by atoms with Crippen LogP contribution in [0.25, 0.3) is 22.3 Å². The number of hydrogen-bond donors (Lipinski definition) is 0. The van der Waals surface area contributed by atoms with E-state index in [0.717, 1.165) is 73.9 Å². The Kier molecular flexibility index (Phi) is 8.29. The quantitative estimate of drug-likeness (QED) is 0.159. The number of carbonyl (C=O) groups is 2. The van der Waals surface area contributed by atoms with Gasteiger partial charge < -0.3 is 9.64 Å². The number of anilines is 3. The predicted molar refractivity (Wildman–Crippen MR) is 207 cm³/mol. The number of hydrogen-bond acceptors (Lipinski definition) is 4. The van der Waals surface area contributed by atoms with Gasteiger partial charge in [0.05, 0.1) is 11.4 Å².